The molecule has 0 saturated carbocycles. The minimum atomic E-state index is -0.620. The van der Waals surface area contributed by atoms with Crippen LogP contribution in [-0.4, -0.2) is 45.2 Å². The second-order valence-corrected chi connectivity index (χ2v) is 5.16. The number of aliphatic hydroxyl groups is 1. The van der Waals surface area contributed by atoms with Crippen molar-refractivity contribution in [1.29, 1.82) is 0 Å². The maximum atomic E-state index is 9.93. The molecule has 0 aliphatic carbocycles. The number of hydrogen-bond donors (Lipinski definition) is 1. The van der Waals surface area contributed by atoms with Crippen molar-refractivity contribution in [2.75, 3.05) is 6.61 Å². The first-order valence-corrected chi connectivity index (χ1v) is 6.73. The highest BCUT2D eigenvalue weighted by molar-refractivity contribution is 5.56. The lowest BCUT2D eigenvalue weighted by Gasteiger charge is -2.29. The van der Waals surface area contributed by atoms with Gasteiger partial charge >= 0.3 is 0 Å². The number of aromatic nitrogens is 3. The summed E-state index contributed by atoms with van der Waals surface area (Å²) in [5.74, 6) is 0. The van der Waals surface area contributed by atoms with Crippen molar-refractivity contribution in [3.05, 3.63) is 36.5 Å². The van der Waals surface area contributed by atoms with Crippen LogP contribution >= 0.6 is 0 Å². The molecule has 2 bridgehead atoms. The number of hydrogen-bond acceptors (Lipinski definition) is 5. The van der Waals surface area contributed by atoms with E-state index in [1.54, 1.807) is 11.0 Å². The summed E-state index contributed by atoms with van der Waals surface area (Å²) in [6, 6.07) is 9.81. The molecule has 6 heteroatoms. The van der Waals surface area contributed by atoms with Crippen LogP contribution in [0.15, 0.2) is 36.5 Å². The zero-order chi connectivity index (χ0) is 13.5. The van der Waals surface area contributed by atoms with E-state index in [4.69, 9.17) is 9.47 Å². The van der Waals surface area contributed by atoms with E-state index in [9.17, 15) is 5.11 Å². The molecule has 2 saturated heterocycles. The van der Waals surface area contributed by atoms with E-state index in [0.29, 0.717) is 13.0 Å². The number of rotatable bonds is 2. The molecular formula is C14H15N3O3. The highest BCUT2D eigenvalue weighted by atomic mass is 16.7. The van der Waals surface area contributed by atoms with E-state index in [2.05, 4.69) is 10.2 Å². The van der Waals surface area contributed by atoms with Crippen LogP contribution in [0.25, 0.3) is 11.3 Å². The number of aliphatic hydroxyl groups excluding tert-OH is 1. The van der Waals surface area contributed by atoms with Gasteiger partial charge < -0.3 is 14.6 Å². The molecule has 1 aromatic carbocycles. The third-order valence-electron chi connectivity index (χ3n) is 3.83. The predicted octanol–water partition coefficient (Wildman–Crippen LogP) is 0.992. The van der Waals surface area contributed by atoms with Crippen LogP contribution < -0.4 is 0 Å². The van der Waals surface area contributed by atoms with Gasteiger partial charge in [-0.25, -0.2) is 0 Å². The zero-order valence-electron chi connectivity index (χ0n) is 10.8. The topological polar surface area (TPSA) is 69.4 Å². The van der Waals surface area contributed by atoms with E-state index in [0.717, 1.165) is 11.3 Å². The number of nitrogens with zero attached hydrogens (tertiary/aromatic N) is 3. The first-order chi connectivity index (χ1) is 9.81. The molecule has 3 heterocycles. The van der Waals surface area contributed by atoms with E-state index in [-0.39, 0.29) is 12.1 Å². The van der Waals surface area contributed by atoms with Crippen LogP contribution in [0, 0.1) is 0 Å². The molecule has 2 fully saturated rings. The minimum Gasteiger partial charge on any atom is -0.388 e. The molecule has 2 aromatic rings. The molecule has 0 amide bonds. The average molecular weight is 273 g/mol. The average Bonchev–Trinajstić information content (AvgIpc) is 3.13. The van der Waals surface area contributed by atoms with Gasteiger partial charge in [-0.05, 0) is 0 Å². The lowest BCUT2D eigenvalue weighted by atomic mass is 10.0. The van der Waals surface area contributed by atoms with Crippen molar-refractivity contribution in [3.8, 4) is 11.3 Å². The normalized spacial score (nSPS) is 32.5. The highest BCUT2D eigenvalue weighted by Crippen LogP contribution is 2.34. The molecule has 6 nitrogen and oxygen atoms in total. The van der Waals surface area contributed by atoms with Crippen molar-refractivity contribution in [2.45, 2.75) is 31.0 Å². The first kappa shape index (κ1) is 12.0. The molecule has 2 aliphatic heterocycles. The quantitative estimate of drug-likeness (QED) is 0.883. The molecule has 1 aromatic heterocycles. The number of fused-ring (bicyclic) bond motifs is 2. The second kappa shape index (κ2) is 4.66. The Morgan fingerprint density at radius 1 is 1.25 bits per heavy atom. The van der Waals surface area contributed by atoms with Crippen molar-refractivity contribution in [1.82, 2.24) is 15.0 Å². The molecule has 4 rings (SSSR count). The predicted molar refractivity (Wildman–Crippen MR) is 69.7 cm³/mol. The van der Waals surface area contributed by atoms with Gasteiger partial charge in [-0.15, -0.1) is 0 Å². The molecule has 20 heavy (non-hydrogen) atoms. The summed E-state index contributed by atoms with van der Waals surface area (Å²) in [5, 5.41) is 18.8. The summed E-state index contributed by atoms with van der Waals surface area (Å²) >= 11 is 0. The van der Waals surface area contributed by atoms with Gasteiger partial charge in [0.15, 0.2) is 6.29 Å². The first-order valence-electron chi connectivity index (χ1n) is 6.73. The third kappa shape index (κ3) is 1.93. The van der Waals surface area contributed by atoms with Crippen LogP contribution in [0.1, 0.15) is 12.5 Å². The lowest BCUT2D eigenvalue weighted by molar-refractivity contribution is -0.167. The number of benzene rings is 1. The van der Waals surface area contributed by atoms with Crippen LogP contribution in [0.4, 0.5) is 0 Å². The van der Waals surface area contributed by atoms with Crippen molar-refractivity contribution in [2.24, 2.45) is 0 Å². The maximum Gasteiger partial charge on any atom is 0.184 e. The molecule has 0 unspecified atom stereocenters. The fourth-order valence-corrected chi connectivity index (χ4v) is 2.77. The number of ether oxygens (including phenoxy) is 2. The van der Waals surface area contributed by atoms with Crippen LogP contribution in [0.2, 0.25) is 0 Å². The van der Waals surface area contributed by atoms with Crippen LogP contribution in [0.5, 0.6) is 0 Å². The van der Waals surface area contributed by atoms with Crippen LogP contribution in [-0.2, 0) is 9.47 Å². The molecule has 0 radical (unpaired) electrons. The summed E-state index contributed by atoms with van der Waals surface area (Å²) in [7, 11) is 0. The maximum absolute atomic E-state index is 9.93. The highest BCUT2D eigenvalue weighted by Gasteiger charge is 2.45. The van der Waals surface area contributed by atoms with Gasteiger partial charge in [0.2, 0.25) is 0 Å². The molecule has 2 aliphatic rings. The Kier molecular flexibility index (Phi) is 2.80. The minimum absolute atomic E-state index is 0.0822. The van der Waals surface area contributed by atoms with Gasteiger partial charge in [0.1, 0.15) is 23.9 Å². The van der Waals surface area contributed by atoms with Gasteiger partial charge in [0, 0.05) is 12.0 Å². The molecule has 104 valence electrons. The summed E-state index contributed by atoms with van der Waals surface area (Å²) in [6.45, 7) is 0.481. The van der Waals surface area contributed by atoms with E-state index < -0.39 is 12.4 Å². The van der Waals surface area contributed by atoms with Crippen molar-refractivity contribution >= 4 is 0 Å². The molecule has 4 atom stereocenters. The van der Waals surface area contributed by atoms with E-state index >= 15 is 0 Å². The zero-order valence-corrected chi connectivity index (χ0v) is 10.8. The molecular weight excluding hydrogens is 258 g/mol. The Morgan fingerprint density at radius 3 is 2.95 bits per heavy atom. The summed E-state index contributed by atoms with van der Waals surface area (Å²) in [5.41, 5.74) is 1.85. The Hall–Kier alpha value is -1.76. The van der Waals surface area contributed by atoms with Gasteiger partial charge in [0.25, 0.3) is 0 Å². The van der Waals surface area contributed by atoms with Gasteiger partial charge in [-0.2, -0.15) is 15.0 Å². The largest absolute Gasteiger partial charge is 0.388 e. The Morgan fingerprint density at radius 2 is 2.10 bits per heavy atom. The SMILES string of the molecule is O[C@H]1C[C@H](n2ncc(-c3ccccc3)n2)[C@H]2CO[C@@H]1O2. The van der Waals surface area contributed by atoms with Gasteiger partial charge in [-0.1, -0.05) is 30.3 Å². The molecule has 0 spiro atoms. The smallest absolute Gasteiger partial charge is 0.184 e. The van der Waals surface area contributed by atoms with Gasteiger partial charge in [0.05, 0.1) is 12.8 Å². The fraction of sp³-hybridized carbons (Fsp3) is 0.429. The van der Waals surface area contributed by atoms with Crippen LogP contribution in [0.3, 0.4) is 0 Å². The monoisotopic (exact) mass is 273 g/mol. The van der Waals surface area contributed by atoms with Crippen molar-refractivity contribution in [3.63, 3.8) is 0 Å². The summed E-state index contributed by atoms with van der Waals surface area (Å²) in [6.07, 6.45) is 1.10. The summed E-state index contributed by atoms with van der Waals surface area (Å²) < 4.78 is 11.0. The fourth-order valence-electron chi connectivity index (χ4n) is 2.77. The Labute approximate surface area is 115 Å². The Bertz CT molecular complexity index is 601. The molecule has 1 N–H and O–H groups in total. The standard InChI is InChI=1S/C14H15N3O3/c18-12-6-11(13-8-19-14(12)20-13)17-15-7-10(16-17)9-4-2-1-3-5-9/h1-5,7,11-14,18H,6,8H2/t11-,12-,13+,14+/m0/s1. The van der Waals surface area contributed by atoms with E-state index in [1.165, 1.54) is 0 Å². The van der Waals surface area contributed by atoms with Crippen molar-refractivity contribution < 1.29 is 14.6 Å². The van der Waals surface area contributed by atoms with Gasteiger partial charge in [-0.3, -0.25) is 0 Å². The second-order valence-electron chi connectivity index (χ2n) is 5.16. The van der Waals surface area contributed by atoms with E-state index in [1.807, 2.05) is 30.3 Å². The lowest BCUT2D eigenvalue weighted by Crippen LogP contribution is -2.40. The Balaban J connectivity index is 1.62. The summed E-state index contributed by atoms with van der Waals surface area (Å²) in [4.78, 5) is 1.64. The third-order valence-corrected chi connectivity index (χ3v) is 3.83.